The maximum atomic E-state index is 13.8. The van der Waals surface area contributed by atoms with Crippen molar-refractivity contribution in [2.24, 2.45) is 0 Å². The number of rotatable bonds is 11. The number of carbonyl (C=O) groups is 3. The number of carboxylic acid groups (broad SMARTS) is 1. The Morgan fingerprint density at radius 1 is 0.976 bits per heavy atom. The van der Waals surface area contributed by atoms with Crippen LogP contribution in [0.15, 0.2) is 78.9 Å². The summed E-state index contributed by atoms with van der Waals surface area (Å²) in [6, 6.07) is 25.8. The van der Waals surface area contributed by atoms with Crippen molar-refractivity contribution in [3.63, 3.8) is 0 Å². The average Bonchev–Trinajstić information content (AvgIpc) is 3.55. The molecule has 3 aromatic rings. The molecule has 2 unspecified atom stereocenters. The van der Waals surface area contributed by atoms with E-state index in [2.05, 4.69) is 22.8 Å². The number of likely N-dealkylation sites (tertiary alicyclic amines) is 1. The molecule has 3 aromatic carbocycles. The highest BCUT2D eigenvalue weighted by molar-refractivity contribution is 5.95. The van der Waals surface area contributed by atoms with Gasteiger partial charge in [0.2, 0.25) is 5.91 Å². The van der Waals surface area contributed by atoms with Gasteiger partial charge in [-0.15, -0.1) is 0 Å². The minimum absolute atomic E-state index is 0.0851. The number of carboxylic acids is 1. The summed E-state index contributed by atoms with van der Waals surface area (Å²) in [5.41, 5.74) is 2.42. The van der Waals surface area contributed by atoms with Crippen LogP contribution >= 0.6 is 0 Å². The third-order valence-electron chi connectivity index (χ3n) is 8.47. The molecule has 1 heterocycles. The van der Waals surface area contributed by atoms with Gasteiger partial charge in [0.15, 0.2) is 5.54 Å². The van der Waals surface area contributed by atoms with Gasteiger partial charge in [-0.3, -0.25) is 9.69 Å². The second-order valence-corrected chi connectivity index (χ2v) is 11.1. The molecule has 9 nitrogen and oxygen atoms in total. The van der Waals surface area contributed by atoms with E-state index in [-0.39, 0.29) is 38.5 Å². The number of hydrogen-bond donors (Lipinski definition) is 3. The molecule has 0 saturated carbocycles. The molecule has 2 amide bonds. The molecule has 2 aliphatic rings. The summed E-state index contributed by atoms with van der Waals surface area (Å²) < 4.78 is 11.1. The monoisotopic (exact) mass is 571 g/mol. The summed E-state index contributed by atoms with van der Waals surface area (Å²) >= 11 is 0. The van der Waals surface area contributed by atoms with E-state index in [9.17, 15) is 19.5 Å². The maximum absolute atomic E-state index is 13.8. The van der Waals surface area contributed by atoms with Gasteiger partial charge in [0.05, 0.1) is 6.61 Å². The first kappa shape index (κ1) is 29.3. The van der Waals surface area contributed by atoms with E-state index in [1.54, 1.807) is 6.92 Å². The highest BCUT2D eigenvalue weighted by Crippen LogP contribution is 2.44. The minimum atomic E-state index is -1.52. The van der Waals surface area contributed by atoms with Crippen molar-refractivity contribution in [3.05, 3.63) is 95.6 Å². The van der Waals surface area contributed by atoms with Gasteiger partial charge < -0.3 is 25.2 Å². The molecule has 1 fully saturated rings. The highest BCUT2D eigenvalue weighted by atomic mass is 16.5. The van der Waals surface area contributed by atoms with Gasteiger partial charge in [-0.05, 0) is 40.7 Å². The molecule has 220 valence electrons. The number of nitrogens with one attached hydrogen (secondary N) is 2. The van der Waals surface area contributed by atoms with E-state index in [4.69, 9.17) is 9.47 Å². The quantitative estimate of drug-likeness (QED) is 0.316. The summed E-state index contributed by atoms with van der Waals surface area (Å²) in [4.78, 5) is 41.5. The van der Waals surface area contributed by atoms with Crippen molar-refractivity contribution >= 4 is 18.0 Å². The Bertz CT molecular complexity index is 1400. The molecule has 1 saturated heterocycles. The first-order valence-electron chi connectivity index (χ1n) is 14.3. The molecule has 3 N–H and O–H groups in total. The zero-order valence-corrected chi connectivity index (χ0v) is 24.0. The van der Waals surface area contributed by atoms with Gasteiger partial charge in [0.25, 0.3) is 0 Å². The van der Waals surface area contributed by atoms with E-state index in [0.29, 0.717) is 13.1 Å². The number of methoxy groups -OCH3 is 1. The summed E-state index contributed by atoms with van der Waals surface area (Å²) in [6.07, 6.45) is -0.369. The van der Waals surface area contributed by atoms with Crippen LogP contribution in [0.2, 0.25) is 0 Å². The summed E-state index contributed by atoms with van der Waals surface area (Å²) in [5, 5.41) is 15.7. The van der Waals surface area contributed by atoms with Gasteiger partial charge >= 0.3 is 12.1 Å². The fraction of sp³-hybridized carbons (Fsp3) is 0.364. The van der Waals surface area contributed by atoms with Crippen LogP contribution in [0.1, 0.15) is 42.4 Å². The Balaban J connectivity index is 1.28. The number of fused-ring (bicyclic) bond motifs is 3. The van der Waals surface area contributed by atoms with Crippen LogP contribution in [0.5, 0.6) is 0 Å². The Hall–Kier alpha value is -4.21. The first-order chi connectivity index (χ1) is 20.3. The number of ether oxygens (including phenoxy) is 2. The van der Waals surface area contributed by atoms with Crippen molar-refractivity contribution in [3.8, 4) is 11.1 Å². The lowest BCUT2D eigenvalue weighted by Crippen LogP contribution is -2.67. The Morgan fingerprint density at radius 2 is 1.60 bits per heavy atom. The molecule has 2 atom stereocenters. The second-order valence-electron chi connectivity index (χ2n) is 11.1. The van der Waals surface area contributed by atoms with Crippen molar-refractivity contribution in [1.82, 2.24) is 15.5 Å². The Morgan fingerprint density at radius 3 is 2.19 bits per heavy atom. The van der Waals surface area contributed by atoms with E-state index in [1.807, 2.05) is 71.6 Å². The molecule has 1 aliphatic carbocycles. The lowest BCUT2D eigenvalue weighted by molar-refractivity contribution is -0.148. The zero-order valence-electron chi connectivity index (χ0n) is 24.0. The van der Waals surface area contributed by atoms with Crippen molar-refractivity contribution < 1.29 is 29.0 Å². The van der Waals surface area contributed by atoms with Crippen LogP contribution in [0.25, 0.3) is 11.1 Å². The molecule has 1 aliphatic heterocycles. The predicted octanol–water partition coefficient (Wildman–Crippen LogP) is 4.17. The van der Waals surface area contributed by atoms with Crippen LogP contribution < -0.4 is 10.6 Å². The van der Waals surface area contributed by atoms with Crippen LogP contribution in [-0.2, 0) is 25.6 Å². The summed E-state index contributed by atoms with van der Waals surface area (Å²) in [6.45, 7) is 2.89. The third kappa shape index (κ3) is 5.75. The van der Waals surface area contributed by atoms with Crippen LogP contribution in [0, 0.1) is 0 Å². The SMILES string of the molecule is CCC(COC)(NC(=O)OCC1c2ccccc2-c2ccccc21)C(=O)NC1(C(=O)O)CCN(Cc2ccccc2)C1. The molecule has 0 radical (unpaired) electrons. The topological polar surface area (TPSA) is 117 Å². The van der Waals surface area contributed by atoms with Crippen LogP contribution in [0.4, 0.5) is 4.79 Å². The van der Waals surface area contributed by atoms with Crippen molar-refractivity contribution in [2.75, 3.05) is 33.4 Å². The van der Waals surface area contributed by atoms with Gasteiger partial charge in [-0.2, -0.15) is 0 Å². The summed E-state index contributed by atoms with van der Waals surface area (Å²) in [7, 11) is 1.43. The number of alkyl carbamates (subject to hydrolysis) is 1. The third-order valence-corrected chi connectivity index (χ3v) is 8.47. The normalized spacial score (nSPS) is 19.4. The Kier molecular flexibility index (Phi) is 8.61. The predicted molar refractivity (Wildman–Crippen MR) is 158 cm³/mol. The highest BCUT2D eigenvalue weighted by Gasteiger charge is 2.50. The molecular weight excluding hydrogens is 534 g/mol. The zero-order chi connectivity index (χ0) is 29.7. The standard InChI is InChI=1S/C33H37N3O6/c1-3-32(22-41-2,29(37)34-33(30(38)39)17-18-36(21-33)19-23-11-5-4-6-12-23)35-31(40)42-20-28-26-15-9-7-13-24(26)25-14-8-10-16-27(25)28/h4-16,28H,3,17-22H2,1-2H3,(H,34,37)(H,35,40)(H,38,39). The average molecular weight is 572 g/mol. The van der Waals surface area contributed by atoms with E-state index in [0.717, 1.165) is 27.8 Å². The van der Waals surface area contributed by atoms with E-state index >= 15 is 0 Å². The molecule has 0 aromatic heterocycles. The number of amides is 2. The second kappa shape index (κ2) is 12.3. The maximum Gasteiger partial charge on any atom is 0.408 e. The van der Waals surface area contributed by atoms with Gasteiger partial charge in [-0.1, -0.05) is 85.8 Å². The van der Waals surface area contributed by atoms with E-state index in [1.165, 1.54) is 7.11 Å². The number of nitrogens with zero attached hydrogens (tertiary/aromatic N) is 1. The number of benzene rings is 3. The van der Waals surface area contributed by atoms with Crippen molar-refractivity contribution in [1.29, 1.82) is 0 Å². The molecular formula is C33H37N3O6. The lowest BCUT2D eigenvalue weighted by atomic mass is 9.91. The smallest absolute Gasteiger partial charge is 0.408 e. The van der Waals surface area contributed by atoms with Gasteiger partial charge in [0, 0.05) is 32.7 Å². The van der Waals surface area contributed by atoms with Crippen LogP contribution in [-0.4, -0.2) is 72.5 Å². The molecule has 5 rings (SSSR count). The van der Waals surface area contributed by atoms with Gasteiger partial charge in [0.1, 0.15) is 12.1 Å². The number of carbonyl (C=O) groups excluding carboxylic acids is 2. The molecule has 0 bridgehead atoms. The molecule has 0 spiro atoms. The number of aliphatic carboxylic acids is 1. The number of hydrogen-bond acceptors (Lipinski definition) is 6. The minimum Gasteiger partial charge on any atom is -0.479 e. The largest absolute Gasteiger partial charge is 0.479 e. The molecule has 42 heavy (non-hydrogen) atoms. The lowest BCUT2D eigenvalue weighted by Gasteiger charge is -2.35. The Labute approximate surface area is 245 Å². The fourth-order valence-corrected chi connectivity index (χ4v) is 6.12. The fourth-order valence-electron chi connectivity index (χ4n) is 6.12. The molecule has 9 heteroatoms. The summed E-state index contributed by atoms with van der Waals surface area (Å²) in [5.74, 6) is -1.88. The van der Waals surface area contributed by atoms with Crippen molar-refractivity contribution in [2.45, 2.75) is 43.3 Å². The van der Waals surface area contributed by atoms with E-state index < -0.39 is 29.0 Å². The van der Waals surface area contributed by atoms with Gasteiger partial charge in [-0.25, -0.2) is 9.59 Å². The van der Waals surface area contributed by atoms with Crippen LogP contribution in [0.3, 0.4) is 0 Å². The first-order valence-corrected chi connectivity index (χ1v) is 14.3.